The lowest BCUT2D eigenvalue weighted by Crippen LogP contribution is -2.37. The van der Waals surface area contributed by atoms with Crippen molar-refractivity contribution in [2.75, 3.05) is 32.8 Å². The molecule has 1 aromatic heterocycles. The molecule has 1 fully saturated rings. The van der Waals surface area contributed by atoms with Crippen molar-refractivity contribution in [2.45, 2.75) is 33.7 Å². The summed E-state index contributed by atoms with van der Waals surface area (Å²) < 4.78 is 7.76. The average molecular weight is 346 g/mol. The lowest BCUT2D eigenvalue weighted by Gasteiger charge is -2.26. The molecular weight excluding hydrogens is 318 g/mol. The normalized spacial score (nSPS) is 16.7. The summed E-state index contributed by atoms with van der Waals surface area (Å²) in [5, 5.41) is 2.20. The number of thiazole rings is 1. The Morgan fingerprint density at radius 2 is 1.88 bits per heavy atom. The van der Waals surface area contributed by atoms with E-state index in [0.717, 1.165) is 56.3 Å². The fourth-order valence-electron chi connectivity index (χ4n) is 2.96. The van der Waals surface area contributed by atoms with E-state index in [1.165, 1.54) is 16.8 Å². The molecule has 0 radical (unpaired) electrons. The van der Waals surface area contributed by atoms with Crippen LogP contribution in [-0.2, 0) is 11.3 Å². The van der Waals surface area contributed by atoms with Crippen molar-refractivity contribution < 1.29 is 4.74 Å². The molecule has 2 aromatic rings. The zero-order valence-corrected chi connectivity index (χ0v) is 15.7. The lowest BCUT2D eigenvalue weighted by molar-refractivity contribution is 0.0369. The van der Waals surface area contributed by atoms with Crippen molar-refractivity contribution in [3.63, 3.8) is 0 Å². The third-order valence-corrected chi connectivity index (χ3v) is 5.65. The van der Waals surface area contributed by atoms with Gasteiger partial charge in [-0.15, -0.1) is 11.3 Å². The molecule has 0 atom stereocenters. The number of aromatic nitrogens is 1. The predicted octanol–water partition coefficient (Wildman–Crippen LogP) is 3.43. The molecular formula is C19H27N3OS. The van der Waals surface area contributed by atoms with Gasteiger partial charge in [0.15, 0.2) is 4.80 Å². The highest BCUT2D eigenvalue weighted by Gasteiger charge is 2.10. The number of hydrogen-bond donors (Lipinski definition) is 0. The third-order valence-electron chi connectivity index (χ3n) is 4.67. The fourth-order valence-corrected chi connectivity index (χ4v) is 3.88. The van der Waals surface area contributed by atoms with Crippen LogP contribution in [0.4, 0.5) is 5.69 Å². The number of hydrogen-bond acceptors (Lipinski definition) is 4. The van der Waals surface area contributed by atoms with Gasteiger partial charge in [0, 0.05) is 37.3 Å². The number of nitrogens with zero attached hydrogens (tertiary/aromatic N) is 3. The van der Waals surface area contributed by atoms with Crippen molar-refractivity contribution in [2.24, 2.45) is 4.99 Å². The van der Waals surface area contributed by atoms with Gasteiger partial charge in [0.1, 0.15) is 0 Å². The lowest BCUT2D eigenvalue weighted by atomic mass is 10.1. The summed E-state index contributed by atoms with van der Waals surface area (Å²) in [5.41, 5.74) is 4.95. The van der Waals surface area contributed by atoms with Crippen molar-refractivity contribution in [1.82, 2.24) is 9.47 Å². The van der Waals surface area contributed by atoms with Crippen molar-refractivity contribution in [3.05, 3.63) is 45.2 Å². The van der Waals surface area contributed by atoms with E-state index in [2.05, 4.69) is 53.8 Å². The maximum absolute atomic E-state index is 5.41. The van der Waals surface area contributed by atoms with Crippen molar-refractivity contribution in [3.8, 4) is 0 Å². The molecule has 0 spiro atoms. The minimum atomic E-state index is 0.873. The number of ether oxygens (including phenoxy) is 1. The zero-order chi connectivity index (χ0) is 16.9. The third kappa shape index (κ3) is 4.35. The second kappa shape index (κ2) is 8.10. The van der Waals surface area contributed by atoms with Crippen LogP contribution >= 0.6 is 11.3 Å². The highest BCUT2D eigenvalue weighted by atomic mass is 32.1. The monoisotopic (exact) mass is 345 g/mol. The van der Waals surface area contributed by atoms with Gasteiger partial charge in [-0.05, 0) is 50.5 Å². The first-order valence-corrected chi connectivity index (χ1v) is 9.58. The van der Waals surface area contributed by atoms with Gasteiger partial charge < -0.3 is 9.30 Å². The molecule has 0 saturated carbocycles. The Bertz CT molecular complexity index is 741. The minimum Gasteiger partial charge on any atom is -0.379 e. The van der Waals surface area contributed by atoms with Gasteiger partial charge in [0.2, 0.25) is 0 Å². The molecule has 0 aliphatic carbocycles. The Labute approximate surface area is 148 Å². The van der Waals surface area contributed by atoms with Crippen LogP contribution in [0.15, 0.2) is 28.6 Å². The van der Waals surface area contributed by atoms with Crippen LogP contribution in [0.2, 0.25) is 0 Å². The van der Waals surface area contributed by atoms with Gasteiger partial charge in [0.05, 0.1) is 18.9 Å². The molecule has 0 N–H and O–H groups in total. The first-order chi connectivity index (χ1) is 11.6. The predicted molar refractivity (Wildman–Crippen MR) is 100 cm³/mol. The van der Waals surface area contributed by atoms with Gasteiger partial charge >= 0.3 is 0 Å². The molecule has 130 valence electrons. The number of morpholine rings is 1. The van der Waals surface area contributed by atoms with Crippen LogP contribution in [-0.4, -0.2) is 42.3 Å². The largest absolute Gasteiger partial charge is 0.379 e. The number of benzene rings is 1. The summed E-state index contributed by atoms with van der Waals surface area (Å²) >= 11 is 1.73. The molecule has 4 nitrogen and oxygen atoms in total. The first-order valence-electron chi connectivity index (χ1n) is 8.70. The van der Waals surface area contributed by atoms with Crippen LogP contribution < -0.4 is 4.80 Å². The van der Waals surface area contributed by atoms with E-state index in [0.29, 0.717) is 0 Å². The second-order valence-electron chi connectivity index (χ2n) is 6.50. The van der Waals surface area contributed by atoms with Gasteiger partial charge in [-0.1, -0.05) is 6.07 Å². The Kier molecular flexibility index (Phi) is 5.87. The molecule has 0 bridgehead atoms. The zero-order valence-electron chi connectivity index (χ0n) is 14.9. The second-order valence-corrected chi connectivity index (χ2v) is 7.34. The summed E-state index contributed by atoms with van der Waals surface area (Å²) in [7, 11) is 0. The van der Waals surface area contributed by atoms with Gasteiger partial charge in [0.25, 0.3) is 0 Å². The SMILES string of the molecule is Cc1ccc(N=c2scc(C)n2CCCN2CCOCC2)cc1C. The summed E-state index contributed by atoms with van der Waals surface area (Å²) in [6.45, 7) is 12.5. The van der Waals surface area contributed by atoms with Crippen LogP contribution in [0.25, 0.3) is 0 Å². The van der Waals surface area contributed by atoms with E-state index in [-0.39, 0.29) is 0 Å². The summed E-state index contributed by atoms with van der Waals surface area (Å²) in [6.07, 6.45) is 1.15. The van der Waals surface area contributed by atoms with E-state index in [9.17, 15) is 0 Å². The van der Waals surface area contributed by atoms with Gasteiger partial charge in [-0.3, -0.25) is 4.90 Å². The average Bonchev–Trinajstić information content (AvgIpc) is 2.92. The maximum Gasteiger partial charge on any atom is 0.190 e. The highest BCUT2D eigenvalue weighted by molar-refractivity contribution is 7.07. The Hall–Kier alpha value is -1.43. The Morgan fingerprint density at radius 3 is 2.62 bits per heavy atom. The van der Waals surface area contributed by atoms with Crippen LogP contribution in [0, 0.1) is 20.8 Å². The molecule has 1 saturated heterocycles. The molecule has 5 heteroatoms. The summed E-state index contributed by atoms with van der Waals surface area (Å²) in [5.74, 6) is 0. The molecule has 24 heavy (non-hydrogen) atoms. The van der Waals surface area contributed by atoms with Crippen LogP contribution in [0.1, 0.15) is 23.2 Å². The van der Waals surface area contributed by atoms with Gasteiger partial charge in [-0.25, -0.2) is 4.99 Å². The van der Waals surface area contributed by atoms with E-state index in [1.807, 2.05) is 0 Å². The molecule has 3 rings (SSSR count). The number of rotatable bonds is 5. The summed E-state index contributed by atoms with van der Waals surface area (Å²) in [6, 6.07) is 6.43. The smallest absolute Gasteiger partial charge is 0.190 e. The number of aryl methyl sites for hydroxylation is 3. The quantitative estimate of drug-likeness (QED) is 0.831. The molecule has 0 unspecified atom stereocenters. The van der Waals surface area contributed by atoms with E-state index < -0.39 is 0 Å². The first kappa shape index (κ1) is 17.4. The molecule has 1 aliphatic rings. The van der Waals surface area contributed by atoms with E-state index in [4.69, 9.17) is 9.73 Å². The fraction of sp³-hybridized carbons (Fsp3) is 0.526. The van der Waals surface area contributed by atoms with Crippen LogP contribution in [0.3, 0.4) is 0 Å². The van der Waals surface area contributed by atoms with E-state index in [1.54, 1.807) is 11.3 Å². The molecule has 1 aromatic carbocycles. The molecule has 1 aliphatic heterocycles. The highest BCUT2D eigenvalue weighted by Crippen LogP contribution is 2.17. The van der Waals surface area contributed by atoms with Crippen LogP contribution in [0.5, 0.6) is 0 Å². The topological polar surface area (TPSA) is 29.8 Å². The van der Waals surface area contributed by atoms with Crippen molar-refractivity contribution >= 4 is 17.0 Å². The molecule has 0 amide bonds. The minimum absolute atomic E-state index is 0.873. The summed E-state index contributed by atoms with van der Waals surface area (Å²) in [4.78, 5) is 8.46. The van der Waals surface area contributed by atoms with Crippen molar-refractivity contribution in [1.29, 1.82) is 0 Å². The Morgan fingerprint density at radius 1 is 1.08 bits per heavy atom. The maximum atomic E-state index is 5.41. The van der Waals surface area contributed by atoms with Gasteiger partial charge in [-0.2, -0.15) is 0 Å². The van der Waals surface area contributed by atoms with E-state index >= 15 is 0 Å². The molecule has 2 heterocycles. The standard InChI is InChI=1S/C19H27N3OS/c1-15-5-6-18(13-16(15)2)20-19-22(17(3)14-24-19)8-4-7-21-9-11-23-12-10-21/h5-6,13-14H,4,7-12H2,1-3H3. The Balaban J connectivity index is 1.70.